The zero-order valence-corrected chi connectivity index (χ0v) is 16.2. The summed E-state index contributed by atoms with van der Waals surface area (Å²) in [6.45, 7) is 4.54. The number of hydrogen-bond acceptors (Lipinski definition) is 4. The Balaban J connectivity index is 1.82. The predicted octanol–water partition coefficient (Wildman–Crippen LogP) is 4.30. The number of aromatic nitrogens is 2. The Labute approximate surface area is 156 Å². The number of benzene rings is 1. The SMILES string of the molecule is CSc1ccccc1C(=O)NCC(c1cccs1)n1nc(C)cc1C. The number of rotatable bonds is 6. The molecule has 0 aliphatic rings. The summed E-state index contributed by atoms with van der Waals surface area (Å²) in [7, 11) is 0. The lowest BCUT2D eigenvalue weighted by Gasteiger charge is -2.19. The average Bonchev–Trinajstić information content (AvgIpc) is 3.25. The van der Waals surface area contributed by atoms with E-state index in [2.05, 4.69) is 27.9 Å². The Bertz CT molecular complexity index is 855. The van der Waals surface area contributed by atoms with Crippen molar-refractivity contribution in [1.82, 2.24) is 15.1 Å². The summed E-state index contributed by atoms with van der Waals surface area (Å²) in [6, 6.07) is 13.9. The van der Waals surface area contributed by atoms with Crippen molar-refractivity contribution >= 4 is 29.0 Å². The third-order valence-corrected chi connectivity index (χ3v) is 5.79. The van der Waals surface area contributed by atoms with Crippen molar-refractivity contribution in [2.75, 3.05) is 12.8 Å². The van der Waals surface area contributed by atoms with Gasteiger partial charge in [0.05, 0.1) is 11.3 Å². The van der Waals surface area contributed by atoms with Crippen LogP contribution in [-0.2, 0) is 0 Å². The fraction of sp³-hybridized carbons (Fsp3) is 0.263. The van der Waals surface area contributed by atoms with Crippen LogP contribution in [0.5, 0.6) is 0 Å². The molecule has 6 heteroatoms. The molecule has 3 aromatic rings. The highest BCUT2D eigenvalue weighted by atomic mass is 32.2. The maximum atomic E-state index is 12.7. The highest BCUT2D eigenvalue weighted by molar-refractivity contribution is 7.98. The van der Waals surface area contributed by atoms with Crippen molar-refractivity contribution < 1.29 is 4.79 Å². The molecule has 2 heterocycles. The van der Waals surface area contributed by atoms with Gasteiger partial charge in [0.15, 0.2) is 0 Å². The third kappa shape index (κ3) is 3.96. The van der Waals surface area contributed by atoms with Gasteiger partial charge in [0.1, 0.15) is 6.04 Å². The quantitative estimate of drug-likeness (QED) is 0.657. The van der Waals surface area contributed by atoms with E-state index >= 15 is 0 Å². The number of aryl methyl sites for hydroxylation is 2. The molecule has 0 fully saturated rings. The van der Waals surface area contributed by atoms with Crippen LogP contribution in [0.15, 0.2) is 52.7 Å². The van der Waals surface area contributed by atoms with E-state index in [0.29, 0.717) is 12.1 Å². The summed E-state index contributed by atoms with van der Waals surface area (Å²) < 4.78 is 2.00. The van der Waals surface area contributed by atoms with Crippen molar-refractivity contribution in [3.05, 3.63) is 69.7 Å². The standard InChI is InChI=1S/C19H21N3OS2/c1-13-11-14(2)22(21-13)16(18-9-6-10-25-18)12-20-19(23)15-7-4-5-8-17(15)24-3/h4-11,16H,12H2,1-3H3,(H,20,23). The molecular weight excluding hydrogens is 350 g/mol. The van der Waals surface area contributed by atoms with Crippen LogP contribution in [-0.4, -0.2) is 28.5 Å². The van der Waals surface area contributed by atoms with E-state index < -0.39 is 0 Å². The zero-order chi connectivity index (χ0) is 17.8. The Morgan fingerprint density at radius 3 is 2.72 bits per heavy atom. The second kappa shape index (κ2) is 7.89. The molecule has 0 radical (unpaired) electrons. The minimum Gasteiger partial charge on any atom is -0.349 e. The molecule has 0 bridgehead atoms. The van der Waals surface area contributed by atoms with E-state index in [0.717, 1.165) is 16.3 Å². The van der Waals surface area contributed by atoms with Gasteiger partial charge in [-0.05, 0) is 49.7 Å². The van der Waals surface area contributed by atoms with Crippen molar-refractivity contribution in [2.24, 2.45) is 0 Å². The van der Waals surface area contributed by atoms with Gasteiger partial charge in [0, 0.05) is 22.0 Å². The molecule has 4 nitrogen and oxygen atoms in total. The normalized spacial score (nSPS) is 12.1. The van der Waals surface area contributed by atoms with Crippen LogP contribution in [0.4, 0.5) is 0 Å². The number of hydrogen-bond donors (Lipinski definition) is 1. The Hall–Kier alpha value is -2.05. The number of carbonyl (C=O) groups excluding carboxylic acids is 1. The molecule has 0 spiro atoms. The van der Waals surface area contributed by atoms with E-state index in [9.17, 15) is 4.79 Å². The number of nitrogens with one attached hydrogen (secondary N) is 1. The van der Waals surface area contributed by atoms with Crippen LogP contribution in [0.25, 0.3) is 0 Å². The summed E-state index contributed by atoms with van der Waals surface area (Å²) >= 11 is 3.26. The van der Waals surface area contributed by atoms with E-state index in [1.54, 1.807) is 23.1 Å². The molecule has 1 aromatic carbocycles. The fourth-order valence-corrected chi connectivity index (χ4v) is 4.27. The summed E-state index contributed by atoms with van der Waals surface area (Å²) in [4.78, 5) is 14.8. The first kappa shape index (κ1) is 17.8. The molecule has 1 amide bonds. The average molecular weight is 372 g/mol. The first-order valence-corrected chi connectivity index (χ1v) is 10.2. The first-order valence-electron chi connectivity index (χ1n) is 8.07. The lowest BCUT2D eigenvalue weighted by atomic mass is 10.2. The van der Waals surface area contributed by atoms with Gasteiger partial charge < -0.3 is 5.32 Å². The van der Waals surface area contributed by atoms with Crippen LogP contribution in [0, 0.1) is 13.8 Å². The van der Waals surface area contributed by atoms with Crippen molar-refractivity contribution in [3.8, 4) is 0 Å². The van der Waals surface area contributed by atoms with Gasteiger partial charge in [-0.1, -0.05) is 18.2 Å². The lowest BCUT2D eigenvalue weighted by Crippen LogP contribution is -2.32. The molecule has 0 saturated heterocycles. The van der Waals surface area contributed by atoms with Crippen LogP contribution in [0.1, 0.15) is 32.7 Å². The van der Waals surface area contributed by atoms with Crippen LogP contribution >= 0.6 is 23.1 Å². The maximum absolute atomic E-state index is 12.7. The molecule has 1 atom stereocenters. The van der Waals surface area contributed by atoms with E-state index in [1.807, 2.05) is 55.1 Å². The van der Waals surface area contributed by atoms with Gasteiger partial charge >= 0.3 is 0 Å². The van der Waals surface area contributed by atoms with E-state index in [-0.39, 0.29) is 11.9 Å². The number of thioether (sulfide) groups is 1. The summed E-state index contributed by atoms with van der Waals surface area (Å²) in [5.41, 5.74) is 2.79. The third-order valence-electron chi connectivity index (χ3n) is 4.02. The minimum absolute atomic E-state index is 0.000841. The summed E-state index contributed by atoms with van der Waals surface area (Å²) in [6.07, 6.45) is 1.98. The van der Waals surface area contributed by atoms with Crippen molar-refractivity contribution in [1.29, 1.82) is 0 Å². The van der Waals surface area contributed by atoms with Gasteiger partial charge in [-0.3, -0.25) is 9.48 Å². The molecule has 130 valence electrons. The van der Waals surface area contributed by atoms with Gasteiger partial charge in [-0.2, -0.15) is 5.10 Å². The highest BCUT2D eigenvalue weighted by Crippen LogP contribution is 2.25. The second-order valence-electron chi connectivity index (χ2n) is 5.81. The van der Waals surface area contributed by atoms with Crippen molar-refractivity contribution in [3.63, 3.8) is 0 Å². The van der Waals surface area contributed by atoms with Crippen LogP contribution < -0.4 is 5.32 Å². The molecule has 0 aliphatic heterocycles. The molecule has 1 unspecified atom stereocenters. The molecule has 0 aliphatic carbocycles. The van der Waals surface area contributed by atoms with Crippen molar-refractivity contribution in [2.45, 2.75) is 24.8 Å². The topological polar surface area (TPSA) is 46.9 Å². The van der Waals surface area contributed by atoms with Crippen LogP contribution in [0.2, 0.25) is 0 Å². The Morgan fingerprint density at radius 2 is 2.08 bits per heavy atom. The first-order chi connectivity index (χ1) is 12.1. The molecule has 1 N–H and O–H groups in total. The second-order valence-corrected chi connectivity index (χ2v) is 7.64. The monoisotopic (exact) mass is 371 g/mol. The van der Waals surface area contributed by atoms with Crippen LogP contribution in [0.3, 0.4) is 0 Å². The zero-order valence-electron chi connectivity index (χ0n) is 14.5. The largest absolute Gasteiger partial charge is 0.349 e. The molecule has 2 aromatic heterocycles. The maximum Gasteiger partial charge on any atom is 0.252 e. The van der Waals surface area contributed by atoms with Gasteiger partial charge in [0.2, 0.25) is 0 Å². The smallest absolute Gasteiger partial charge is 0.252 e. The minimum atomic E-state index is -0.0481. The van der Waals surface area contributed by atoms with Gasteiger partial charge in [-0.25, -0.2) is 0 Å². The predicted molar refractivity (Wildman–Crippen MR) is 105 cm³/mol. The van der Waals surface area contributed by atoms with E-state index in [1.165, 1.54) is 4.88 Å². The number of nitrogens with zero attached hydrogens (tertiary/aromatic N) is 2. The molecular formula is C19H21N3OS2. The Kier molecular flexibility index (Phi) is 5.60. The number of thiophene rings is 1. The van der Waals surface area contributed by atoms with Gasteiger partial charge in [0.25, 0.3) is 5.91 Å². The lowest BCUT2D eigenvalue weighted by molar-refractivity contribution is 0.0946. The fourth-order valence-electron chi connectivity index (χ4n) is 2.87. The highest BCUT2D eigenvalue weighted by Gasteiger charge is 2.20. The Morgan fingerprint density at radius 1 is 1.28 bits per heavy atom. The summed E-state index contributed by atoms with van der Waals surface area (Å²) in [5.74, 6) is -0.0481. The van der Waals surface area contributed by atoms with E-state index in [4.69, 9.17) is 0 Å². The molecule has 25 heavy (non-hydrogen) atoms. The number of amides is 1. The van der Waals surface area contributed by atoms with Gasteiger partial charge in [-0.15, -0.1) is 23.1 Å². The number of carbonyl (C=O) groups is 1. The summed E-state index contributed by atoms with van der Waals surface area (Å²) in [5, 5.41) is 9.76. The molecule has 0 saturated carbocycles. The molecule has 3 rings (SSSR count).